The molecule has 9 heteroatoms. The Kier molecular flexibility index (Phi) is 7.28. The summed E-state index contributed by atoms with van der Waals surface area (Å²) in [5.41, 5.74) is -0.737. The zero-order valence-corrected chi connectivity index (χ0v) is 15.2. The number of rotatable bonds is 8. The minimum atomic E-state index is -4.49. The second-order valence-corrected chi connectivity index (χ2v) is 7.59. The third kappa shape index (κ3) is 6.22. The molecule has 0 aromatic heterocycles. The number of alkyl halides is 3. The Labute approximate surface area is 146 Å². The number of nitrogens with zero attached hydrogens (tertiary/aromatic N) is 1. The van der Waals surface area contributed by atoms with Gasteiger partial charge in [-0.2, -0.15) is 13.2 Å². The minimum Gasteiger partial charge on any atom is -0.354 e. The highest BCUT2D eigenvalue weighted by Gasteiger charge is 2.30. The van der Waals surface area contributed by atoms with Crippen LogP contribution in [0.1, 0.15) is 32.3 Å². The van der Waals surface area contributed by atoms with Crippen molar-refractivity contribution < 1.29 is 26.4 Å². The molecule has 0 atom stereocenters. The molecule has 0 saturated carbocycles. The van der Waals surface area contributed by atoms with Crippen LogP contribution in [0.4, 0.5) is 18.9 Å². The lowest BCUT2D eigenvalue weighted by Crippen LogP contribution is -2.40. The smallest absolute Gasteiger partial charge is 0.354 e. The molecule has 0 aliphatic carbocycles. The van der Waals surface area contributed by atoms with Crippen molar-refractivity contribution in [2.24, 2.45) is 5.92 Å². The standard InChI is InChI=1S/C16H23F3N2O3S/c1-4-12(5-2)15(22)20-10-11-21(25(3,23)24)14-8-6-13(7-9-14)16(17,18)19/h6-9,12H,4-5,10-11H2,1-3H3,(H,20,22). The summed E-state index contributed by atoms with van der Waals surface area (Å²) in [4.78, 5) is 11.9. The first-order valence-corrected chi connectivity index (χ1v) is 9.78. The Bertz CT molecular complexity index is 669. The average molecular weight is 380 g/mol. The molecular weight excluding hydrogens is 357 g/mol. The van der Waals surface area contributed by atoms with Gasteiger partial charge in [0.05, 0.1) is 24.1 Å². The molecular formula is C16H23F3N2O3S. The molecule has 1 aromatic carbocycles. The number of hydrogen-bond acceptors (Lipinski definition) is 3. The second-order valence-electron chi connectivity index (χ2n) is 5.68. The number of sulfonamides is 1. The quantitative estimate of drug-likeness (QED) is 0.754. The topological polar surface area (TPSA) is 66.5 Å². The zero-order valence-electron chi connectivity index (χ0n) is 14.4. The fraction of sp³-hybridized carbons (Fsp3) is 0.562. The SMILES string of the molecule is CCC(CC)C(=O)NCCN(c1ccc(C(F)(F)F)cc1)S(C)(=O)=O. The first-order valence-electron chi connectivity index (χ1n) is 7.93. The van der Waals surface area contributed by atoms with Crippen LogP contribution in [-0.2, 0) is 21.0 Å². The van der Waals surface area contributed by atoms with E-state index in [1.807, 2.05) is 13.8 Å². The molecule has 0 bridgehead atoms. The number of anilines is 1. The molecule has 0 spiro atoms. The van der Waals surface area contributed by atoms with Crippen molar-refractivity contribution in [3.63, 3.8) is 0 Å². The normalized spacial score (nSPS) is 12.3. The van der Waals surface area contributed by atoms with E-state index >= 15 is 0 Å². The average Bonchev–Trinajstić information content (AvgIpc) is 2.51. The van der Waals surface area contributed by atoms with Gasteiger partial charge < -0.3 is 5.32 Å². The Balaban J connectivity index is 2.85. The van der Waals surface area contributed by atoms with Gasteiger partial charge in [0.2, 0.25) is 15.9 Å². The van der Waals surface area contributed by atoms with Gasteiger partial charge in [0, 0.05) is 12.5 Å². The van der Waals surface area contributed by atoms with E-state index in [2.05, 4.69) is 5.32 Å². The molecule has 0 radical (unpaired) electrons. The van der Waals surface area contributed by atoms with Crippen LogP contribution < -0.4 is 9.62 Å². The number of hydrogen-bond donors (Lipinski definition) is 1. The van der Waals surface area contributed by atoms with Crippen LogP contribution in [0.25, 0.3) is 0 Å². The highest BCUT2D eigenvalue weighted by Crippen LogP contribution is 2.30. The number of halogens is 3. The summed E-state index contributed by atoms with van der Waals surface area (Å²) in [6.45, 7) is 3.79. The predicted molar refractivity (Wildman–Crippen MR) is 90.7 cm³/mol. The first-order chi connectivity index (χ1) is 11.5. The fourth-order valence-corrected chi connectivity index (χ4v) is 3.32. The van der Waals surface area contributed by atoms with Crippen LogP contribution in [-0.4, -0.2) is 33.7 Å². The second kappa shape index (κ2) is 8.55. The third-order valence-corrected chi connectivity index (χ3v) is 5.05. The lowest BCUT2D eigenvalue weighted by molar-refractivity contribution is -0.137. The van der Waals surface area contributed by atoms with E-state index in [-0.39, 0.29) is 30.6 Å². The monoisotopic (exact) mass is 380 g/mol. The van der Waals surface area contributed by atoms with Crippen LogP contribution in [0.2, 0.25) is 0 Å². The molecule has 1 rings (SSSR count). The third-order valence-electron chi connectivity index (χ3n) is 3.85. The maximum absolute atomic E-state index is 12.6. The van der Waals surface area contributed by atoms with Crippen molar-refractivity contribution in [1.29, 1.82) is 0 Å². The molecule has 0 unspecified atom stereocenters. The van der Waals surface area contributed by atoms with E-state index in [4.69, 9.17) is 0 Å². The van der Waals surface area contributed by atoms with Crippen LogP contribution in [0.3, 0.4) is 0 Å². The molecule has 0 aliphatic heterocycles. The highest BCUT2D eigenvalue weighted by molar-refractivity contribution is 7.92. The molecule has 1 amide bonds. The van der Waals surface area contributed by atoms with Crippen molar-refractivity contribution in [1.82, 2.24) is 5.32 Å². The summed E-state index contributed by atoms with van der Waals surface area (Å²) < 4.78 is 62.7. The summed E-state index contributed by atoms with van der Waals surface area (Å²) >= 11 is 0. The Morgan fingerprint density at radius 3 is 2.08 bits per heavy atom. The molecule has 0 saturated heterocycles. The number of benzene rings is 1. The van der Waals surface area contributed by atoms with Crippen LogP contribution in [0.15, 0.2) is 24.3 Å². The van der Waals surface area contributed by atoms with Crippen LogP contribution in [0, 0.1) is 5.92 Å². The van der Waals surface area contributed by atoms with Gasteiger partial charge in [-0.3, -0.25) is 9.10 Å². The molecule has 1 N–H and O–H groups in total. The molecule has 0 aliphatic rings. The van der Waals surface area contributed by atoms with Gasteiger partial charge in [-0.25, -0.2) is 8.42 Å². The van der Waals surface area contributed by atoms with Crippen molar-refractivity contribution in [3.8, 4) is 0 Å². The maximum atomic E-state index is 12.6. The summed E-state index contributed by atoms with van der Waals surface area (Å²) in [7, 11) is -3.69. The van der Waals surface area contributed by atoms with Gasteiger partial charge >= 0.3 is 6.18 Å². The van der Waals surface area contributed by atoms with E-state index in [0.29, 0.717) is 12.8 Å². The van der Waals surface area contributed by atoms with E-state index in [0.717, 1.165) is 34.8 Å². The summed E-state index contributed by atoms with van der Waals surface area (Å²) in [6, 6.07) is 3.87. The summed E-state index contributed by atoms with van der Waals surface area (Å²) in [5, 5.41) is 2.67. The van der Waals surface area contributed by atoms with Gasteiger partial charge in [-0.1, -0.05) is 13.8 Å². The molecule has 0 heterocycles. The van der Waals surface area contributed by atoms with Crippen LogP contribution >= 0.6 is 0 Å². The minimum absolute atomic E-state index is 0.0594. The van der Waals surface area contributed by atoms with Crippen molar-refractivity contribution >= 4 is 21.6 Å². The van der Waals surface area contributed by atoms with E-state index < -0.39 is 21.8 Å². The Hall–Kier alpha value is -1.77. The van der Waals surface area contributed by atoms with E-state index in [1.54, 1.807) is 0 Å². The number of carbonyl (C=O) groups is 1. The number of carbonyl (C=O) groups excluding carboxylic acids is 1. The molecule has 5 nitrogen and oxygen atoms in total. The van der Waals surface area contributed by atoms with Crippen molar-refractivity contribution in [3.05, 3.63) is 29.8 Å². The Morgan fingerprint density at radius 1 is 1.16 bits per heavy atom. The van der Waals surface area contributed by atoms with E-state index in [1.165, 1.54) is 0 Å². The van der Waals surface area contributed by atoms with E-state index in [9.17, 15) is 26.4 Å². The van der Waals surface area contributed by atoms with Gasteiger partial charge in [-0.05, 0) is 37.1 Å². The Morgan fingerprint density at radius 2 is 1.68 bits per heavy atom. The highest BCUT2D eigenvalue weighted by atomic mass is 32.2. The number of amides is 1. The lowest BCUT2D eigenvalue weighted by Gasteiger charge is -2.23. The zero-order chi connectivity index (χ0) is 19.3. The first kappa shape index (κ1) is 21.3. The fourth-order valence-electron chi connectivity index (χ4n) is 2.39. The van der Waals surface area contributed by atoms with Gasteiger partial charge in [0.15, 0.2) is 0 Å². The van der Waals surface area contributed by atoms with Gasteiger partial charge in [0.25, 0.3) is 0 Å². The van der Waals surface area contributed by atoms with Crippen molar-refractivity contribution in [2.75, 3.05) is 23.7 Å². The predicted octanol–water partition coefficient (Wildman–Crippen LogP) is 3.02. The largest absolute Gasteiger partial charge is 0.416 e. The maximum Gasteiger partial charge on any atom is 0.416 e. The molecule has 142 valence electrons. The molecule has 25 heavy (non-hydrogen) atoms. The number of nitrogens with one attached hydrogen (secondary N) is 1. The lowest BCUT2D eigenvalue weighted by atomic mass is 10.0. The molecule has 1 aromatic rings. The van der Waals surface area contributed by atoms with Crippen LogP contribution in [0.5, 0.6) is 0 Å². The summed E-state index contributed by atoms with van der Waals surface area (Å²) in [5.74, 6) is -0.302. The summed E-state index contributed by atoms with van der Waals surface area (Å²) in [6.07, 6.45) is -2.17. The van der Waals surface area contributed by atoms with Crippen molar-refractivity contribution in [2.45, 2.75) is 32.9 Å². The van der Waals surface area contributed by atoms with Gasteiger partial charge in [0.1, 0.15) is 0 Å². The molecule has 0 fully saturated rings. The van der Waals surface area contributed by atoms with Gasteiger partial charge in [-0.15, -0.1) is 0 Å².